The lowest BCUT2D eigenvalue weighted by Crippen LogP contribution is -2.45. The van der Waals surface area contributed by atoms with Crippen LogP contribution in [0.3, 0.4) is 0 Å². The number of hydrogen-bond acceptors (Lipinski definition) is 4. The molecule has 0 bridgehead atoms. The fraction of sp³-hybridized carbons (Fsp3) is 0.190. The van der Waals surface area contributed by atoms with Gasteiger partial charge in [0.2, 0.25) is 6.10 Å². The zero-order chi connectivity index (χ0) is 17.8. The van der Waals surface area contributed by atoms with E-state index in [0.717, 1.165) is 11.1 Å². The molecule has 1 N–H and O–H groups in total. The number of hydrogen-bond donors (Lipinski definition) is 1. The van der Waals surface area contributed by atoms with Crippen molar-refractivity contribution in [2.24, 2.45) is 0 Å². The largest absolute Gasteiger partial charge is 0.492 e. The van der Waals surface area contributed by atoms with Crippen molar-refractivity contribution in [1.29, 1.82) is 0 Å². The van der Waals surface area contributed by atoms with Gasteiger partial charge in [-0.1, -0.05) is 42.5 Å². The summed E-state index contributed by atoms with van der Waals surface area (Å²) >= 11 is 0. The van der Waals surface area contributed by atoms with Crippen molar-refractivity contribution in [3.8, 4) is 17.2 Å². The molecule has 5 heteroatoms. The molecule has 1 amide bonds. The number of rotatable bonds is 5. The van der Waals surface area contributed by atoms with Gasteiger partial charge in [-0.15, -0.1) is 0 Å². The molecule has 3 aromatic rings. The standard InChI is InChI=1S/C21H19NO4/c23-21(20-14-25-18-7-3-4-8-19(18)26-20)22-11-12-24-17-10-9-15-5-1-2-6-16(15)13-17/h1-10,13,20H,11-12,14H2,(H,22,23)/t20-/m0/s1. The van der Waals surface area contributed by atoms with E-state index in [1.54, 1.807) is 6.07 Å². The highest BCUT2D eigenvalue weighted by molar-refractivity contribution is 5.83. The quantitative estimate of drug-likeness (QED) is 0.719. The summed E-state index contributed by atoms with van der Waals surface area (Å²) in [6.45, 7) is 0.982. The lowest BCUT2D eigenvalue weighted by atomic mass is 10.1. The maximum atomic E-state index is 12.2. The number of carbonyl (C=O) groups excluding carboxylic acids is 1. The summed E-state index contributed by atoms with van der Waals surface area (Å²) < 4.78 is 17.0. The summed E-state index contributed by atoms with van der Waals surface area (Å²) in [4.78, 5) is 12.2. The van der Waals surface area contributed by atoms with Crippen molar-refractivity contribution >= 4 is 16.7 Å². The van der Waals surface area contributed by atoms with Crippen molar-refractivity contribution in [2.75, 3.05) is 19.8 Å². The van der Waals surface area contributed by atoms with E-state index in [1.807, 2.05) is 54.6 Å². The Bertz CT molecular complexity index is 925. The average Bonchev–Trinajstić information content (AvgIpc) is 2.70. The average molecular weight is 349 g/mol. The Morgan fingerprint density at radius 3 is 2.65 bits per heavy atom. The second-order valence-electron chi connectivity index (χ2n) is 6.01. The number of nitrogens with one attached hydrogen (secondary N) is 1. The molecule has 1 aliphatic rings. The fourth-order valence-corrected chi connectivity index (χ4v) is 2.86. The molecule has 132 valence electrons. The van der Waals surface area contributed by atoms with Crippen LogP contribution in [0.2, 0.25) is 0 Å². The molecule has 3 aromatic carbocycles. The van der Waals surface area contributed by atoms with Crippen LogP contribution in [0.1, 0.15) is 0 Å². The van der Waals surface area contributed by atoms with Crippen molar-refractivity contribution in [1.82, 2.24) is 5.32 Å². The lowest BCUT2D eigenvalue weighted by Gasteiger charge is -2.25. The van der Waals surface area contributed by atoms with Gasteiger partial charge in [-0.3, -0.25) is 4.79 Å². The zero-order valence-corrected chi connectivity index (χ0v) is 14.2. The third kappa shape index (κ3) is 3.57. The third-order valence-corrected chi connectivity index (χ3v) is 4.19. The minimum atomic E-state index is -0.648. The van der Waals surface area contributed by atoms with Gasteiger partial charge in [0.15, 0.2) is 11.5 Å². The lowest BCUT2D eigenvalue weighted by molar-refractivity contribution is -0.130. The summed E-state index contributed by atoms with van der Waals surface area (Å²) in [6.07, 6.45) is -0.648. The Hall–Kier alpha value is -3.21. The van der Waals surface area contributed by atoms with Gasteiger partial charge in [-0.2, -0.15) is 0 Å². The normalized spacial score (nSPS) is 15.5. The molecule has 0 fully saturated rings. The molecular weight excluding hydrogens is 330 g/mol. The Morgan fingerprint density at radius 2 is 1.77 bits per heavy atom. The SMILES string of the molecule is O=C(NCCOc1ccc2ccccc2c1)[C@@H]1COc2ccccc2O1. The molecule has 0 saturated heterocycles. The predicted molar refractivity (Wildman–Crippen MR) is 98.8 cm³/mol. The Balaban J connectivity index is 1.26. The van der Waals surface area contributed by atoms with Crippen LogP contribution >= 0.6 is 0 Å². The van der Waals surface area contributed by atoms with Crippen molar-refractivity contribution < 1.29 is 19.0 Å². The molecule has 0 unspecified atom stereocenters. The van der Waals surface area contributed by atoms with Crippen LogP contribution in [0.4, 0.5) is 0 Å². The third-order valence-electron chi connectivity index (χ3n) is 4.19. The monoisotopic (exact) mass is 349 g/mol. The minimum Gasteiger partial charge on any atom is -0.492 e. The van der Waals surface area contributed by atoms with E-state index < -0.39 is 6.10 Å². The molecule has 0 aromatic heterocycles. The highest BCUT2D eigenvalue weighted by Crippen LogP contribution is 2.30. The van der Waals surface area contributed by atoms with Crippen LogP contribution in [0.5, 0.6) is 17.2 Å². The van der Waals surface area contributed by atoms with E-state index in [2.05, 4.69) is 11.4 Å². The fourth-order valence-electron chi connectivity index (χ4n) is 2.86. The van der Waals surface area contributed by atoms with Crippen molar-refractivity contribution in [2.45, 2.75) is 6.10 Å². The molecule has 1 aliphatic heterocycles. The van der Waals surface area contributed by atoms with Gasteiger partial charge in [-0.05, 0) is 35.0 Å². The summed E-state index contributed by atoms with van der Waals surface area (Å²) in [6, 6.07) is 21.4. The van der Waals surface area contributed by atoms with Crippen molar-refractivity contribution in [3.63, 3.8) is 0 Å². The molecular formula is C21H19NO4. The molecule has 0 aliphatic carbocycles. The minimum absolute atomic E-state index is 0.203. The van der Waals surface area contributed by atoms with Gasteiger partial charge in [0.25, 0.3) is 5.91 Å². The molecule has 1 atom stereocenters. The van der Waals surface area contributed by atoms with E-state index in [-0.39, 0.29) is 12.5 Å². The van der Waals surface area contributed by atoms with Gasteiger partial charge in [0.1, 0.15) is 19.0 Å². The van der Waals surface area contributed by atoms with E-state index in [9.17, 15) is 4.79 Å². The van der Waals surface area contributed by atoms with Crippen LogP contribution in [0, 0.1) is 0 Å². The second-order valence-corrected chi connectivity index (χ2v) is 6.01. The van der Waals surface area contributed by atoms with Crippen LogP contribution in [-0.4, -0.2) is 31.8 Å². The molecule has 26 heavy (non-hydrogen) atoms. The van der Waals surface area contributed by atoms with Gasteiger partial charge in [0, 0.05) is 0 Å². The van der Waals surface area contributed by atoms with E-state index >= 15 is 0 Å². The van der Waals surface area contributed by atoms with Crippen LogP contribution in [-0.2, 0) is 4.79 Å². The maximum absolute atomic E-state index is 12.2. The summed E-state index contributed by atoms with van der Waals surface area (Å²) in [5.41, 5.74) is 0. The van der Waals surface area contributed by atoms with Crippen LogP contribution < -0.4 is 19.5 Å². The number of para-hydroxylation sites is 2. The summed E-state index contributed by atoms with van der Waals surface area (Å²) in [5, 5.41) is 5.12. The first-order valence-electron chi connectivity index (χ1n) is 8.57. The van der Waals surface area contributed by atoms with E-state index in [1.165, 1.54) is 5.39 Å². The molecule has 0 radical (unpaired) electrons. The zero-order valence-electron chi connectivity index (χ0n) is 14.2. The predicted octanol–water partition coefficient (Wildman–Crippen LogP) is 3.17. The Kier molecular flexibility index (Phi) is 4.60. The van der Waals surface area contributed by atoms with Gasteiger partial charge < -0.3 is 19.5 Å². The molecule has 5 nitrogen and oxygen atoms in total. The van der Waals surface area contributed by atoms with Gasteiger partial charge in [0.05, 0.1) is 6.54 Å². The number of amides is 1. The Morgan fingerprint density at radius 1 is 1.00 bits per heavy atom. The first-order valence-corrected chi connectivity index (χ1v) is 8.57. The molecule has 0 spiro atoms. The second kappa shape index (κ2) is 7.35. The highest BCUT2D eigenvalue weighted by Gasteiger charge is 2.26. The van der Waals surface area contributed by atoms with Gasteiger partial charge in [-0.25, -0.2) is 0 Å². The smallest absolute Gasteiger partial charge is 0.264 e. The number of ether oxygens (including phenoxy) is 3. The van der Waals surface area contributed by atoms with Crippen LogP contribution in [0.15, 0.2) is 66.7 Å². The molecule has 4 rings (SSSR count). The maximum Gasteiger partial charge on any atom is 0.264 e. The highest BCUT2D eigenvalue weighted by atomic mass is 16.6. The van der Waals surface area contributed by atoms with E-state index in [4.69, 9.17) is 14.2 Å². The number of benzene rings is 3. The number of carbonyl (C=O) groups is 1. The van der Waals surface area contributed by atoms with Crippen LogP contribution in [0.25, 0.3) is 10.8 Å². The summed E-state index contributed by atoms with van der Waals surface area (Å²) in [5.74, 6) is 1.83. The first kappa shape index (κ1) is 16.3. The van der Waals surface area contributed by atoms with E-state index in [0.29, 0.717) is 24.7 Å². The number of fused-ring (bicyclic) bond motifs is 2. The van der Waals surface area contributed by atoms with Gasteiger partial charge >= 0.3 is 0 Å². The topological polar surface area (TPSA) is 56.8 Å². The Labute approximate surface area is 151 Å². The summed E-state index contributed by atoms with van der Waals surface area (Å²) in [7, 11) is 0. The van der Waals surface area contributed by atoms with Crippen molar-refractivity contribution in [3.05, 3.63) is 66.7 Å². The first-order chi connectivity index (χ1) is 12.8. The molecule has 1 heterocycles. The molecule has 0 saturated carbocycles.